The Hall–Kier alpha value is -1.32. The standard InChI is InChI=1S/C15H26O4/c1-4-5-6-7-10-19-14(16)11-13(15(17)18)9-8-12(2)3/h5-6,12-13H,4,7-11H2,1-3H3,(H,17,18)/b6-5-. The molecule has 0 aliphatic heterocycles. The highest BCUT2D eigenvalue weighted by Gasteiger charge is 2.22. The van der Waals surface area contributed by atoms with Gasteiger partial charge >= 0.3 is 11.9 Å². The van der Waals surface area contributed by atoms with Crippen LogP contribution in [-0.4, -0.2) is 23.7 Å². The van der Waals surface area contributed by atoms with Crippen LogP contribution >= 0.6 is 0 Å². The van der Waals surface area contributed by atoms with Crippen LogP contribution in [0.4, 0.5) is 0 Å². The lowest BCUT2D eigenvalue weighted by Crippen LogP contribution is -2.20. The van der Waals surface area contributed by atoms with Crippen LogP contribution in [0.5, 0.6) is 0 Å². The fraction of sp³-hybridized carbons (Fsp3) is 0.733. The molecule has 0 radical (unpaired) electrons. The summed E-state index contributed by atoms with van der Waals surface area (Å²) >= 11 is 0. The van der Waals surface area contributed by atoms with Crippen molar-refractivity contribution in [3.8, 4) is 0 Å². The minimum Gasteiger partial charge on any atom is -0.481 e. The van der Waals surface area contributed by atoms with Gasteiger partial charge in [0.1, 0.15) is 0 Å². The second-order valence-corrected chi connectivity index (χ2v) is 5.10. The molecule has 110 valence electrons. The first-order chi connectivity index (χ1) is 8.97. The Morgan fingerprint density at radius 1 is 1.21 bits per heavy atom. The normalized spacial score (nSPS) is 12.8. The van der Waals surface area contributed by atoms with Crippen LogP contribution < -0.4 is 0 Å². The van der Waals surface area contributed by atoms with Gasteiger partial charge in [-0.2, -0.15) is 0 Å². The number of carbonyl (C=O) groups excluding carboxylic acids is 1. The van der Waals surface area contributed by atoms with Crippen molar-refractivity contribution in [2.24, 2.45) is 11.8 Å². The molecule has 0 bridgehead atoms. The number of allylic oxidation sites excluding steroid dienone is 1. The Labute approximate surface area is 115 Å². The third-order valence-electron chi connectivity index (χ3n) is 2.80. The van der Waals surface area contributed by atoms with Crippen molar-refractivity contribution in [3.05, 3.63) is 12.2 Å². The van der Waals surface area contributed by atoms with E-state index in [0.717, 1.165) is 12.8 Å². The molecule has 0 spiro atoms. The van der Waals surface area contributed by atoms with Crippen LogP contribution in [0.3, 0.4) is 0 Å². The largest absolute Gasteiger partial charge is 0.481 e. The van der Waals surface area contributed by atoms with Crippen LogP contribution in [0, 0.1) is 11.8 Å². The van der Waals surface area contributed by atoms with Gasteiger partial charge in [-0.05, 0) is 25.2 Å². The first-order valence-corrected chi connectivity index (χ1v) is 7.00. The van der Waals surface area contributed by atoms with E-state index in [1.807, 2.05) is 32.9 Å². The van der Waals surface area contributed by atoms with Gasteiger partial charge in [0.2, 0.25) is 0 Å². The van der Waals surface area contributed by atoms with Crippen LogP contribution in [0.2, 0.25) is 0 Å². The molecule has 0 rings (SSSR count). The van der Waals surface area contributed by atoms with Gasteiger partial charge in [0.25, 0.3) is 0 Å². The summed E-state index contributed by atoms with van der Waals surface area (Å²) in [6, 6.07) is 0. The summed E-state index contributed by atoms with van der Waals surface area (Å²) in [6.45, 7) is 6.44. The number of carbonyl (C=O) groups is 2. The van der Waals surface area contributed by atoms with Crippen molar-refractivity contribution >= 4 is 11.9 Å². The van der Waals surface area contributed by atoms with E-state index in [1.54, 1.807) is 0 Å². The summed E-state index contributed by atoms with van der Waals surface area (Å²) in [6.07, 6.45) is 6.92. The molecule has 4 nitrogen and oxygen atoms in total. The number of rotatable bonds is 10. The summed E-state index contributed by atoms with van der Waals surface area (Å²) in [7, 11) is 0. The first kappa shape index (κ1) is 17.7. The van der Waals surface area contributed by atoms with Crippen molar-refractivity contribution in [2.75, 3.05) is 6.61 Å². The molecule has 0 heterocycles. The predicted molar refractivity (Wildman–Crippen MR) is 74.8 cm³/mol. The van der Waals surface area contributed by atoms with E-state index in [0.29, 0.717) is 25.4 Å². The Bertz CT molecular complexity index is 295. The zero-order valence-corrected chi connectivity index (χ0v) is 12.2. The molecule has 1 atom stereocenters. The molecule has 0 aromatic rings. The van der Waals surface area contributed by atoms with Gasteiger partial charge in [0.15, 0.2) is 0 Å². The smallest absolute Gasteiger partial charge is 0.307 e. The van der Waals surface area contributed by atoms with E-state index >= 15 is 0 Å². The molecule has 0 saturated carbocycles. The lowest BCUT2D eigenvalue weighted by molar-refractivity contribution is -0.151. The molecule has 0 aliphatic rings. The summed E-state index contributed by atoms with van der Waals surface area (Å²) in [5.74, 6) is -1.51. The van der Waals surface area contributed by atoms with E-state index < -0.39 is 17.9 Å². The number of aliphatic carboxylic acids is 1. The van der Waals surface area contributed by atoms with Crippen molar-refractivity contribution in [2.45, 2.75) is 52.9 Å². The summed E-state index contributed by atoms with van der Waals surface area (Å²) in [4.78, 5) is 22.6. The highest BCUT2D eigenvalue weighted by atomic mass is 16.5. The Morgan fingerprint density at radius 2 is 1.89 bits per heavy atom. The molecule has 0 aliphatic carbocycles. The molecule has 0 fully saturated rings. The van der Waals surface area contributed by atoms with Crippen LogP contribution in [0.15, 0.2) is 12.2 Å². The van der Waals surface area contributed by atoms with Crippen molar-refractivity contribution in [3.63, 3.8) is 0 Å². The van der Waals surface area contributed by atoms with Gasteiger partial charge in [0.05, 0.1) is 18.9 Å². The summed E-state index contributed by atoms with van der Waals surface area (Å²) in [5, 5.41) is 9.06. The molecule has 1 unspecified atom stereocenters. The third kappa shape index (κ3) is 10.3. The molecule has 0 amide bonds. The Kier molecular flexibility index (Phi) is 9.85. The van der Waals surface area contributed by atoms with Crippen molar-refractivity contribution in [1.29, 1.82) is 0 Å². The summed E-state index contributed by atoms with van der Waals surface area (Å²) < 4.78 is 5.02. The number of hydrogen-bond donors (Lipinski definition) is 1. The van der Waals surface area contributed by atoms with E-state index in [-0.39, 0.29) is 6.42 Å². The lowest BCUT2D eigenvalue weighted by atomic mass is 9.95. The lowest BCUT2D eigenvalue weighted by Gasteiger charge is -2.13. The number of carboxylic acid groups (broad SMARTS) is 1. The van der Waals surface area contributed by atoms with Crippen molar-refractivity contribution in [1.82, 2.24) is 0 Å². The first-order valence-electron chi connectivity index (χ1n) is 7.00. The zero-order chi connectivity index (χ0) is 14.7. The Balaban J connectivity index is 3.96. The number of ether oxygens (including phenoxy) is 1. The van der Waals surface area contributed by atoms with Crippen LogP contribution in [0.1, 0.15) is 52.9 Å². The molecule has 0 aromatic carbocycles. The number of esters is 1. The second-order valence-electron chi connectivity index (χ2n) is 5.10. The molecule has 4 heteroatoms. The van der Waals surface area contributed by atoms with E-state index in [1.165, 1.54) is 0 Å². The number of hydrogen-bond acceptors (Lipinski definition) is 3. The molecule has 0 aromatic heterocycles. The number of carboxylic acids is 1. The SMILES string of the molecule is CC/C=C\CCOC(=O)CC(CCC(C)C)C(=O)O. The van der Waals surface area contributed by atoms with Gasteiger partial charge in [-0.3, -0.25) is 9.59 Å². The molecule has 19 heavy (non-hydrogen) atoms. The minimum absolute atomic E-state index is 0.0282. The predicted octanol–water partition coefficient (Wildman–Crippen LogP) is 3.41. The van der Waals surface area contributed by atoms with Gasteiger partial charge in [0, 0.05) is 0 Å². The fourth-order valence-corrected chi connectivity index (χ4v) is 1.63. The van der Waals surface area contributed by atoms with Crippen molar-refractivity contribution < 1.29 is 19.4 Å². The average Bonchev–Trinajstić information content (AvgIpc) is 2.33. The van der Waals surface area contributed by atoms with E-state index in [9.17, 15) is 9.59 Å². The minimum atomic E-state index is -0.913. The fourth-order valence-electron chi connectivity index (χ4n) is 1.63. The van der Waals surface area contributed by atoms with E-state index in [4.69, 9.17) is 9.84 Å². The quantitative estimate of drug-likeness (QED) is 0.375. The maximum Gasteiger partial charge on any atom is 0.307 e. The van der Waals surface area contributed by atoms with E-state index in [2.05, 4.69) is 0 Å². The molecule has 0 saturated heterocycles. The Morgan fingerprint density at radius 3 is 2.42 bits per heavy atom. The van der Waals surface area contributed by atoms with Gasteiger partial charge in [-0.25, -0.2) is 0 Å². The van der Waals surface area contributed by atoms with Crippen LogP contribution in [0.25, 0.3) is 0 Å². The highest BCUT2D eigenvalue weighted by Crippen LogP contribution is 2.16. The molecular weight excluding hydrogens is 244 g/mol. The van der Waals surface area contributed by atoms with Crippen LogP contribution in [-0.2, 0) is 14.3 Å². The van der Waals surface area contributed by atoms with Gasteiger partial charge < -0.3 is 9.84 Å². The maximum atomic E-state index is 11.5. The monoisotopic (exact) mass is 270 g/mol. The van der Waals surface area contributed by atoms with Gasteiger partial charge in [-0.15, -0.1) is 0 Å². The van der Waals surface area contributed by atoms with Gasteiger partial charge in [-0.1, -0.05) is 39.3 Å². The third-order valence-corrected chi connectivity index (χ3v) is 2.80. The maximum absolute atomic E-state index is 11.5. The average molecular weight is 270 g/mol. The topological polar surface area (TPSA) is 63.6 Å². The zero-order valence-electron chi connectivity index (χ0n) is 12.2. The molecule has 1 N–H and O–H groups in total. The second kappa shape index (κ2) is 10.6. The summed E-state index contributed by atoms with van der Waals surface area (Å²) in [5.41, 5.74) is 0. The molecular formula is C15H26O4. The highest BCUT2D eigenvalue weighted by molar-refractivity contribution is 5.78.